The fraction of sp³-hybridized carbons (Fsp3) is 0.458. The zero-order chi connectivity index (χ0) is 20.9. The smallest absolute Gasteiger partial charge is 0.251 e. The molecule has 1 heterocycles. The van der Waals surface area contributed by atoms with Crippen LogP contribution in [0.2, 0.25) is 0 Å². The van der Waals surface area contributed by atoms with Gasteiger partial charge in [0.25, 0.3) is 5.91 Å². The molecule has 1 aliphatic rings. The Kier molecular flexibility index (Phi) is 6.93. The summed E-state index contributed by atoms with van der Waals surface area (Å²) in [5.74, 6) is 0.775. The molecular formula is C24H32N2O3. The third kappa shape index (κ3) is 5.58. The second kappa shape index (κ2) is 9.42. The number of morpholine rings is 1. The Balaban J connectivity index is 1.72. The molecule has 1 amide bonds. The zero-order valence-corrected chi connectivity index (χ0v) is 17.9. The van der Waals surface area contributed by atoms with Gasteiger partial charge in [-0.05, 0) is 40.8 Å². The molecule has 1 aliphatic heterocycles. The molecule has 0 aliphatic carbocycles. The number of hydrogen-bond donors (Lipinski definition) is 1. The van der Waals surface area contributed by atoms with Gasteiger partial charge < -0.3 is 14.8 Å². The van der Waals surface area contributed by atoms with E-state index in [1.54, 1.807) is 7.11 Å². The van der Waals surface area contributed by atoms with Gasteiger partial charge in [-0.3, -0.25) is 9.69 Å². The molecule has 0 bridgehead atoms. The predicted molar refractivity (Wildman–Crippen MR) is 116 cm³/mol. The second-order valence-corrected chi connectivity index (χ2v) is 8.48. The van der Waals surface area contributed by atoms with Crippen molar-refractivity contribution in [1.29, 1.82) is 0 Å². The number of hydrogen-bond acceptors (Lipinski definition) is 4. The summed E-state index contributed by atoms with van der Waals surface area (Å²) < 4.78 is 10.9. The molecule has 0 radical (unpaired) electrons. The molecule has 2 aromatic carbocycles. The Hall–Kier alpha value is -2.37. The molecule has 1 N–H and O–H groups in total. The van der Waals surface area contributed by atoms with Crippen molar-refractivity contribution in [2.24, 2.45) is 0 Å². The van der Waals surface area contributed by atoms with Crippen LogP contribution in [0.5, 0.6) is 5.75 Å². The van der Waals surface area contributed by atoms with Crippen LogP contribution >= 0.6 is 0 Å². The van der Waals surface area contributed by atoms with Crippen molar-refractivity contribution in [3.63, 3.8) is 0 Å². The number of nitrogens with zero attached hydrogens (tertiary/aromatic N) is 1. The van der Waals surface area contributed by atoms with Crippen LogP contribution < -0.4 is 10.1 Å². The maximum atomic E-state index is 12.8. The largest absolute Gasteiger partial charge is 0.497 e. The molecule has 0 aromatic heterocycles. The lowest BCUT2D eigenvalue weighted by atomic mass is 9.87. The number of benzene rings is 2. The molecule has 5 heteroatoms. The fourth-order valence-electron chi connectivity index (χ4n) is 3.61. The molecule has 1 unspecified atom stereocenters. The minimum absolute atomic E-state index is 0.0494. The number of nitrogens with one attached hydrogen (secondary N) is 1. The van der Waals surface area contributed by atoms with E-state index in [2.05, 4.69) is 37.1 Å². The van der Waals surface area contributed by atoms with Crippen LogP contribution in [0, 0.1) is 0 Å². The lowest BCUT2D eigenvalue weighted by Gasteiger charge is -2.35. The Morgan fingerprint density at radius 2 is 1.83 bits per heavy atom. The van der Waals surface area contributed by atoms with Crippen molar-refractivity contribution in [3.8, 4) is 5.75 Å². The van der Waals surface area contributed by atoms with Crippen LogP contribution in [0.4, 0.5) is 0 Å². The van der Waals surface area contributed by atoms with Gasteiger partial charge in [0.2, 0.25) is 0 Å². The topological polar surface area (TPSA) is 50.8 Å². The predicted octanol–water partition coefficient (Wildman–Crippen LogP) is 3.80. The quantitative estimate of drug-likeness (QED) is 0.807. The minimum Gasteiger partial charge on any atom is -0.497 e. The molecule has 156 valence electrons. The Bertz CT molecular complexity index is 806. The van der Waals surface area contributed by atoms with E-state index in [0.717, 1.165) is 24.4 Å². The van der Waals surface area contributed by atoms with Crippen molar-refractivity contribution in [2.45, 2.75) is 32.2 Å². The zero-order valence-electron chi connectivity index (χ0n) is 17.9. The van der Waals surface area contributed by atoms with Gasteiger partial charge in [0.1, 0.15) is 5.75 Å². The molecule has 3 rings (SSSR count). The van der Waals surface area contributed by atoms with Gasteiger partial charge in [-0.1, -0.05) is 45.0 Å². The van der Waals surface area contributed by atoms with Crippen molar-refractivity contribution in [1.82, 2.24) is 10.2 Å². The summed E-state index contributed by atoms with van der Waals surface area (Å²) >= 11 is 0. The number of carbonyl (C=O) groups is 1. The maximum Gasteiger partial charge on any atom is 0.251 e. The van der Waals surface area contributed by atoms with Crippen molar-refractivity contribution >= 4 is 5.91 Å². The third-order valence-corrected chi connectivity index (χ3v) is 5.43. The van der Waals surface area contributed by atoms with E-state index >= 15 is 0 Å². The summed E-state index contributed by atoms with van der Waals surface area (Å²) in [4.78, 5) is 15.1. The van der Waals surface area contributed by atoms with Gasteiger partial charge >= 0.3 is 0 Å². The fourth-order valence-corrected chi connectivity index (χ4v) is 3.61. The van der Waals surface area contributed by atoms with Gasteiger partial charge in [-0.25, -0.2) is 0 Å². The minimum atomic E-state index is -0.0494. The first-order valence-corrected chi connectivity index (χ1v) is 10.2. The van der Waals surface area contributed by atoms with Gasteiger partial charge in [0.15, 0.2) is 0 Å². The van der Waals surface area contributed by atoms with Crippen LogP contribution in [0.3, 0.4) is 0 Å². The number of ether oxygens (including phenoxy) is 2. The highest BCUT2D eigenvalue weighted by Crippen LogP contribution is 2.25. The summed E-state index contributed by atoms with van der Waals surface area (Å²) in [6.45, 7) is 10.2. The summed E-state index contributed by atoms with van der Waals surface area (Å²) in [6, 6.07) is 16.0. The van der Waals surface area contributed by atoms with E-state index < -0.39 is 0 Å². The summed E-state index contributed by atoms with van der Waals surface area (Å²) in [7, 11) is 1.67. The average Bonchev–Trinajstić information content (AvgIpc) is 2.74. The molecule has 1 saturated heterocycles. The van der Waals surface area contributed by atoms with Gasteiger partial charge in [0, 0.05) is 25.2 Å². The molecule has 0 spiro atoms. The second-order valence-electron chi connectivity index (χ2n) is 8.48. The molecule has 2 aromatic rings. The molecule has 29 heavy (non-hydrogen) atoms. The normalized spacial score (nSPS) is 16.3. The van der Waals surface area contributed by atoms with E-state index in [1.165, 1.54) is 5.56 Å². The van der Waals surface area contributed by atoms with E-state index in [9.17, 15) is 4.79 Å². The van der Waals surface area contributed by atoms with E-state index in [1.807, 2.05) is 42.5 Å². The monoisotopic (exact) mass is 396 g/mol. The highest BCUT2D eigenvalue weighted by molar-refractivity contribution is 5.94. The SMILES string of the molecule is COc1cccc(C(CNC(=O)c2ccc(C(C)(C)C)cc2)N2CCOCC2)c1. The Morgan fingerprint density at radius 3 is 2.45 bits per heavy atom. The molecule has 1 fully saturated rings. The van der Waals surface area contributed by atoms with Crippen LogP contribution in [-0.4, -0.2) is 50.8 Å². The number of carbonyl (C=O) groups excluding carboxylic acids is 1. The van der Waals surface area contributed by atoms with E-state index in [-0.39, 0.29) is 17.4 Å². The van der Waals surface area contributed by atoms with E-state index in [4.69, 9.17) is 9.47 Å². The van der Waals surface area contributed by atoms with E-state index in [0.29, 0.717) is 25.3 Å². The van der Waals surface area contributed by atoms with Crippen molar-refractivity contribution < 1.29 is 14.3 Å². The lowest BCUT2D eigenvalue weighted by molar-refractivity contribution is 0.0162. The third-order valence-electron chi connectivity index (χ3n) is 5.43. The average molecular weight is 397 g/mol. The number of amides is 1. The molecule has 1 atom stereocenters. The Morgan fingerprint density at radius 1 is 1.14 bits per heavy atom. The van der Waals surface area contributed by atoms with Crippen LogP contribution in [0.15, 0.2) is 48.5 Å². The van der Waals surface area contributed by atoms with Gasteiger partial charge in [-0.15, -0.1) is 0 Å². The number of methoxy groups -OCH3 is 1. The standard InChI is InChI=1S/C24H32N2O3/c1-24(2,3)20-10-8-18(9-11-20)23(27)25-17-22(26-12-14-29-15-13-26)19-6-5-7-21(16-19)28-4/h5-11,16,22H,12-15,17H2,1-4H3,(H,25,27). The first-order valence-electron chi connectivity index (χ1n) is 10.2. The van der Waals surface area contributed by atoms with Crippen molar-refractivity contribution in [2.75, 3.05) is 40.0 Å². The lowest BCUT2D eigenvalue weighted by Crippen LogP contribution is -2.43. The van der Waals surface area contributed by atoms with Gasteiger partial charge in [0.05, 0.1) is 26.4 Å². The first-order chi connectivity index (χ1) is 13.9. The molecule has 5 nitrogen and oxygen atoms in total. The summed E-state index contributed by atoms with van der Waals surface area (Å²) in [5, 5.41) is 3.13. The van der Waals surface area contributed by atoms with Crippen molar-refractivity contribution in [3.05, 3.63) is 65.2 Å². The van der Waals surface area contributed by atoms with Crippen LogP contribution in [0.25, 0.3) is 0 Å². The molecule has 0 saturated carbocycles. The van der Waals surface area contributed by atoms with Crippen LogP contribution in [0.1, 0.15) is 48.3 Å². The Labute approximate surface area is 174 Å². The maximum absolute atomic E-state index is 12.8. The summed E-state index contributed by atoms with van der Waals surface area (Å²) in [6.07, 6.45) is 0. The summed E-state index contributed by atoms with van der Waals surface area (Å²) in [5.41, 5.74) is 3.11. The first kappa shape index (κ1) is 21.3. The highest BCUT2D eigenvalue weighted by Gasteiger charge is 2.24. The molecular weight excluding hydrogens is 364 g/mol. The van der Waals surface area contributed by atoms with Crippen LogP contribution in [-0.2, 0) is 10.2 Å². The number of rotatable bonds is 6. The van der Waals surface area contributed by atoms with Gasteiger partial charge in [-0.2, -0.15) is 0 Å². The highest BCUT2D eigenvalue weighted by atomic mass is 16.5.